The van der Waals surface area contributed by atoms with Crippen molar-refractivity contribution in [2.24, 2.45) is 0 Å². The lowest BCUT2D eigenvalue weighted by Crippen LogP contribution is -2.44. The first kappa shape index (κ1) is 14.4. The smallest absolute Gasteiger partial charge is 0.386 e. The summed E-state index contributed by atoms with van der Waals surface area (Å²) in [6, 6.07) is 1.26. The summed E-state index contributed by atoms with van der Waals surface area (Å²) in [7, 11) is 0. The number of rotatable bonds is 2. The van der Waals surface area contributed by atoms with Crippen molar-refractivity contribution < 1.29 is 40.7 Å². The third-order valence-corrected chi connectivity index (χ3v) is 2.78. The molecule has 0 spiro atoms. The molecular weight excluding hydrogens is 294 g/mol. The van der Waals surface area contributed by atoms with E-state index in [2.05, 4.69) is 4.74 Å². The molecule has 1 aliphatic heterocycles. The molecule has 1 aliphatic rings. The minimum atomic E-state index is -5.89. The van der Waals surface area contributed by atoms with Gasteiger partial charge in [-0.2, -0.15) is 13.2 Å². The molecule has 20 heavy (non-hydrogen) atoms. The lowest BCUT2D eigenvalue weighted by Gasteiger charge is -2.27. The zero-order valence-corrected chi connectivity index (χ0v) is 9.30. The van der Waals surface area contributed by atoms with Crippen LogP contribution in [0.3, 0.4) is 0 Å². The van der Waals surface area contributed by atoms with Crippen LogP contribution >= 0.6 is 0 Å². The van der Waals surface area contributed by atoms with Crippen LogP contribution in [0.25, 0.3) is 0 Å². The second kappa shape index (κ2) is 4.22. The molecule has 0 N–H and O–H groups in total. The second-order valence-electron chi connectivity index (χ2n) is 3.95. The SMILES string of the molecule is O=C1OC(=O)c2cc(C(F)(C(F)F)C(F)(F)F)ccc21. The first-order valence-electron chi connectivity index (χ1n) is 5.04. The Balaban J connectivity index is 2.62. The van der Waals surface area contributed by atoms with Gasteiger partial charge in [-0.15, -0.1) is 0 Å². The van der Waals surface area contributed by atoms with Gasteiger partial charge in [-0.25, -0.2) is 22.8 Å². The molecule has 3 nitrogen and oxygen atoms in total. The van der Waals surface area contributed by atoms with Gasteiger partial charge in [0.15, 0.2) is 0 Å². The van der Waals surface area contributed by atoms with Crippen molar-refractivity contribution in [3.8, 4) is 0 Å². The standard InChI is InChI=1S/C11H4F6O3/c12-9(13)10(14,11(15,16)17)4-1-2-5-6(3-4)8(19)20-7(5)18/h1-3,9H. The summed E-state index contributed by atoms with van der Waals surface area (Å²) in [5.74, 6) is -2.45. The highest BCUT2D eigenvalue weighted by molar-refractivity contribution is 6.14. The van der Waals surface area contributed by atoms with Crippen molar-refractivity contribution in [2.75, 3.05) is 0 Å². The van der Waals surface area contributed by atoms with Crippen LogP contribution < -0.4 is 0 Å². The number of hydrogen-bond donors (Lipinski definition) is 0. The van der Waals surface area contributed by atoms with Gasteiger partial charge >= 0.3 is 18.1 Å². The fourth-order valence-corrected chi connectivity index (χ4v) is 1.72. The number of benzene rings is 1. The molecule has 1 heterocycles. The van der Waals surface area contributed by atoms with Gasteiger partial charge in [0.25, 0.3) is 12.1 Å². The molecule has 1 aromatic carbocycles. The van der Waals surface area contributed by atoms with Gasteiger partial charge in [0.05, 0.1) is 11.1 Å². The Bertz CT molecular complexity index is 594. The average Bonchev–Trinajstić information content (AvgIpc) is 2.62. The summed E-state index contributed by atoms with van der Waals surface area (Å²) in [4.78, 5) is 22.2. The highest BCUT2D eigenvalue weighted by Gasteiger charge is 2.64. The van der Waals surface area contributed by atoms with E-state index in [4.69, 9.17) is 0 Å². The number of fused-ring (bicyclic) bond motifs is 1. The summed E-state index contributed by atoms with van der Waals surface area (Å²) in [6.45, 7) is 0. The summed E-state index contributed by atoms with van der Waals surface area (Å²) < 4.78 is 80.4. The van der Waals surface area contributed by atoms with E-state index in [0.717, 1.165) is 0 Å². The largest absolute Gasteiger partial charge is 0.432 e. The summed E-state index contributed by atoms with van der Waals surface area (Å²) in [5, 5.41) is 0. The third-order valence-electron chi connectivity index (χ3n) is 2.78. The zero-order chi connectivity index (χ0) is 15.3. The molecule has 0 radical (unpaired) electrons. The van der Waals surface area contributed by atoms with Crippen molar-refractivity contribution in [3.05, 3.63) is 34.9 Å². The molecular formula is C11H4F6O3. The maximum Gasteiger partial charge on any atom is 0.432 e. The minimum absolute atomic E-state index is 0.252. The van der Waals surface area contributed by atoms with E-state index < -0.39 is 46.9 Å². The Labute approximate surface area is 107 Å². The van der Waals surface area contributed by atoms with Crippen molar-refractivity contribution >= 4 is 11.9 Å². The van der Waals surface area contributed by atoms with Crippen molar-refractivity contribution in [1.29, 1.82) is 0 Å². The van der Waals surface area contributed by atoms with Crippen LogP contribution in [0.5, 0.6) is 0 Å². The predicted octanol–water partition coefficient (Wildman–Crippen LogP) is 2.99. The average molecular weight is 298 g/mol. The van der Waals surface area contributed by atoms with Gasteiger partial charge in [0.2, 0.25) is 0 Å². The number of ether oxygens (including phenoxy) is 1. The molecule has 9 heteroatoms. The third kappa shape index (κ3) is 1.84. The predicted molar refractivity (Wildman–Crippen MR) is 51.0 cm³/mol. The van der Waals surface area contributed by atoms with E-state index in [1.54, 1.807) is 0 Å². The highest BCUT2D eigenvalue weighted by Crippen LogP contribution is 2.47. The molecule has 0 fully saturated rings. The number of halogens is 6. The Hall–Kier alpha value is -2.06. The molecule has 0 saturated heterocycles. The lowest BCUT2D eigenvalue weighted by molar-refractivity contribution is -0.274. The number of carbonyl (C=O) groups excluding carboxylic acids is 2. The zero-order valence-electron chi connectivity index (χ0n) is 9.30. The Morgan fingerprint density at radius 2 is 1.50 bits per heavy atom. The van der Waals surface area contributed by atoms with E-state index in [1.807, 2.05) is 0 Å². The Morgan fingerprint density at radius 3 is 2.00 bits per heavy atom. The van der Waals surface area contributed by atoms with Crippen LogP contribution in [0.1, 0.15) is 26.3 Å². The van der Waals surface area contributed by atoms with E-state index >= 15 is 0 Å². The molecule has 0 bridgehead atoms. The Morgan fingerprint density at radius 1 is 0.950 bits per heavy atom. The molecule has 108 valence electrons. The summed E-state index contributed by atoms with van der Waals surface area (Å²) >= 11 is 0. The summed E-state index contributed by atoms with van der Waals surface area (Å²) in [5.41, 5.74) is -7.49. The first-order valence-corrected chi connectivity index (χ1v) is 5.04. The number of alkyl halides is 6. The van der Waals surface area contributed by atoms with E-state index in [-0.39, 0.29) is 6.07 Å². The van der Waals surface area contributed by atoms with Crippen LogP contribution in [0, 0.1) is 0 Å². The molecule has 1 atom stereocenters. The van der Waals surface area contributed by atoms with Gasteiger partial charge in [0.1, 0.15) is 0 Å². The van der Waals surface area contributed by atoms with Crippen LogP contribution in [-0.4, -0.2) is 24.5 Å². The van der Waals surface area contributed by atoms with Crippen LogP contribution in [-0.2, 0) is 10.4 Å². The quantitative estimate of drug-likeness (QED) is 0.479. The van der Waals surface area contributed by atoms with E-state index in [9.17, 15) is 35.9 Å². The maximum atomic E-state index is 13.7. The monoisotopic (exact) mass is 298 g/mol. The molecule has 0 amide bonds. The molecule has 2 rings (SSSR count). The number of cyclic esters (lactones) is 2. The maximum absolute atomic E-state index is 13.7. The molecule has 1 aromatic rings. The van der Waals surface area contributed by atoms with Gasteiger partial charge in [-0.1, -0.05) is 6.07 Å². The van der Waals surface area contributed by atoms with Gasteiger partial charge in [0, 0.05) is 5.56 Å². The van der Waals surface area contributed by atoms with Gasteiger partial charge < -0.3 is 4.74 Å². The number of esters is 2. The van der Waals surface area contributed by atoms with Crippen LogP contribution in [0.15, 0.2) is 18.2 Å². The lowest BCUT2D eigenvalue weighted by atomic mass is 9.92. The van der Waals surface area contributed by atoms with E-state index in [1.165, 1.54) is 0 Å². The first-order chi connectivity index (χ1) is 9.09. The minimum Gasteiger partial charge on any atom is -0.386 e. The normalized spacial score (nSPS) is 17.9. The van der Waals surface area contributed by atoms with E-state index in [0.29, 0.717) is 12.1 Å². The van der Waals surface area contributed by atoms with Crippen molar-refractivity contribution in [2.45, 2.75) is 18.3 Å². The van der Waals surface area contributed by atoms with Gasteiger partial charge in [-0.05, 0) is 12.1 Å². The topological polar surface area (TPSA) is 43.4 Å². The molecule has 0 aliphatic carbocycles. The highest BCUT2D eigenvalue weighted by atomic mass is 19.4. The van der Waals surface area contributed by atoms with Crippen molar-refractivity contribution in [1.82, 2.24) is 0 Å². The van der Waals surface area contributed by atoms with Crippen LogP contribution in [0.4, 0.5) is 26.3 Å². The van der Waals surface area contributed by atoms with Crippen LogP contribution in [0.2, 0.25) is 0 Å². The van der Waals surface area contributed by atoms with Gasteiger partial charge in [-0.3, -0.25) is 0 Å². The second-order valence-corrected chi connectivity index (χ2v) is 3.95. The Kier molecular flexibility index (Phi) is 3.03. The molecule has 0 aromatic heterocycles. The van der Waals surface area contributed by atoms with Crippen molar-refractivity contribution in [3.63, 3.8) is 0 Å². The summed E-state index contributed by atoms with van der Waals surface area (Å²) in [6.07, 6.45) is -10.3. The fraction of sp³-hybridized carbons (Fsp3) is 0.273. The fourth-order valence-electron chi connectivity index (χ4n) is 1.72. The number of hydrogen-bond acceptors (Lipinski definition) is 3. The molecule has 1 unspecified atom stereocenters. The molecule has 0 saturated carbocycles. The number of carbonyl (C=O) groups is 2.